The number of nitrogens with zero attached hydrogens (tertiary/aromatic N) is 4. The minimum atomic E-state index is -0.349. The van der Waals surface area contributed by atoms with Crippen LogP contribution in [0.5, 0.6) is 0 Å². The molecule has 0 aliphatic carbocycles. The topological polar surface area (TPSA) is 75.3 Å². The number of anilines is 1. The van der Waals surface area contributed by atoms with Crippen molar-refractivity contribution in [2.24, 2.45) is 0 Å². The first-order valence-electron chi connectivity index (χ1n) is 7.68. The number of rotatable bonds is 3. The molecule has 6 nitrogen and oxygen atoms in total. The van der Waals surface area contributed by atoms with Crippen LogP contribution in [0.1, 0.15) is 6.42 Å². The third-order valence-electron chi connectivity index (χ3n) is 3.99. The average molecular weight is 326 g/mol. The molecule has 4 rings (SSSR count). The van der Waals surface area contributed by atoms with Crippen LogP contribution >= 0.6 is 0 Å². The Labute approximate surface area is 137 Å². The number of hydrogen-bond donors (Lipinski definition) is 1. The van der Waals surface area contributed by atoms with E-state index in [2.05, 4.69) is 15.1 Å². The van der Waals surface area contributed by atoms with Crippen LogP contribution in [0, 0.1) is 5.82 Å². The van der Waals surface area contributed by atoms with E-state index in [-0.39, 0.29) is 11.9 Å². The molecule has 1 aromatic carbocycles. The van der Waals surface area contributed by atoms with Crippen LogP contribution in [0.4, 0.5) is 10.2 Å². The molecule has 0 amide bonds. The molecule has 1 aliphatic heterocycles. The number of halogens is 1. The highest BCUT2D eigenvalue weighted by Crippen LogP contribution is 2.24. The van der Waals surface area contributed by atoms with E-state index in [0.717, 1.165) is 18.8 Å². The number of benzene rings is 1. The molecular formula is C17H15FN4O2. The summed E-state index contributed by atoms with van der Waals surface area (Å²) in [5.74, 6) is 1.11. The Morgan fingerprint density at radius 3 is 2.83 bits per heavy atom. The molecule has 0 spiro atoms. The molecule has 2 aromatic heterocycles. The zero-order valence-corrected chi connectivity index (χ0v) is 12.8. The Kier molecular flexibility index (Phi) is 3.70. The van der Waals surface area contributed by atoms with Gasteiger partial charge in [-0.15, -0.1) is 0 Å². The molecule has 1 unspecified atom stereocenters. The van der Waals surface area contributed by atoms with Crippen molar-refractivity contribution in [2.45, 2.75) is 12.5 Å². The van der Waals surface area contributed by atoms with E-state index in [4.69, 9.17) is 4.52 Å². The standard InChI is InChI=1S/C17H15FN4O2/c18-13-3-1-2-11(8-13)16-20-17(24-21-16)12-4-5-15(19-9-12)22-7-6-14(23)10-22/h1-5,8-9,14,23H,6-7,10H2. The first-order chi connectivity index (χ1) is 11.7. The first kappa shape index (κ1) is 14.8. The molecule has 3 heterocycles. The maximum atomic E-state index is 13.3. The maximum Gasteiger partial charge on any atom is 0.259 e. The van der Waals surface area contributed by atoms with Gasteiger partial charge in [0.05, 0.1) is 11.7 Å². The monoisotopic (exact) mass is 326 g/mol. The second kappa shape index (κ2) is 6.01. The number of hydrogen-bond acceptors (Lipinski definition) is 6. The maximum absolute atomic E-state index is 13.3. The van der Waals surface area contributed by atoms with Gasteiger partial charge in [0.15, 0.2) is 0 Å². The molecule has 3 aromatic rings. The van der Waals surface area contributed by atoms with Crippen LogP contribution in [-0.4, -0.2) is 39.4 Å². The summed E-state index contributed by atoms with van der Waals surface area (Å²) in [4.78, 5) is 10.7. The summed E-state index contributed by atoms with van der Waals surface area (Å²) in [5.41, 5.74) is 1.24. The summed E-state index contributed by atoms with van der Waals surface area (Å²) in [6.07, 6.45) is 2.11. The van der Waals surface area contributed by atoms with Crippen molar-refractivity contribution in [2.75, 3.05) is 18.0 Å². The number of aromatic nitrogens is 3. The first-order valence-corrected chi connectivity index (χ1v) is 7.68. The third-order valence-corrected chi connectivity index (χ3v) is 3.99. The molecule has 1 fully saturated rings. The van der Waals surface area contributed by atoms with Gasteiger partial charge in [0, 0.05) is 24.8 Å². The van der Waals surface area contributed by atoms with Crippen molar-refractivity contribution in [1.82, 2.24) is 15.1 Å². The van der Waals surface area contributed by atoms with Crippen LogP contribution in [-0.2, 0) is 0 Å². The highest BCUT2D eigenvalue weighted by molar-refractivity contribution is 5.60. The smallest absolute Gasteiger partial charge is 0.259 e. The largest absolute Gasteiger partial charge is 0.391 e. The van der Waals surface area contributed by atoms with E-state index >= 15 is 0 Å². The van der Waals surface area contributed by atoms with Gasteiger partial charge in [-0.3, -0.25) is 0 Å². The molecule has 0 saturated carbocycles. The fourth-order valence-electron chi connectivity index (χ4n) is 2.74. The van der Waals surface area contributed by atoms with E-state index in [1.54, 1.807) is 18.3 Å². The second-order valence-electron chi connectivity index (χ2n) is 5.73. The van der Waals surface area contributed by atoms with Crippen molar-refractivity contribution in [3.8, 4) is 22.8 Å². The van der Waals surface area contributed by atoms with Gasteiger partial charge in [0.25, 0.3) is 5.89 Å². The fraction of sp³-hybridized carbons (Fsp3) is 0.235. The second-order valence-corrected chi connectivity index (χ2v) is 5.73. The molecule has 1 atom stereocenters. The summed E-state index contributed by atoms with van der Waals surface area (Å²) in [7, 11) is 0. The van der Waals surface area contributed by atoms with E-state index in [0.29, 0.717) is 29.4 Å². The lowest BCUT2D eigenvalue weighted by molar-refractivity contribution is 0.198. The van der Waals surface area contributed by atoms with Gasteiger partial charge in [-0.1, -0.05) is 17.3 Å². The number of β-amino-alcohol motifs (C(OH)–C–C–N with tert-alkyl or cyclic N) is 1. The highest BCUT2D eigenvalue weighted by Gasteiger charge is 2.21. The Balaban J connectivity index is 1.56. The summed E-state index contributed by atoms with van der Waals surface area (Å²) in [6.45, 7) is 1.38. The SMILES string of the molecule is OC1CCN(c2ccc(-c3nc(-c4cccc(F)c4)no3)cn2)C1. The van der Waals surface area contributed by atoms with Gasteiger partial charge in [0.2, 0.25) is 5.82 Å². The van der Waals surface area contributed by atoms with Crippen LogP contribution < -0.4 is 4.90 Å². The summed E-state index contributed by atoms with van der Waals surface area (Å²) in [5, 5.41) is 13.5. The molecule has 7 heteroatoms. The van der Waals surface area contributed by atoms with Crippen LogP contribution in [0.25, 0.3) is 22.8 Å². The molecular weight excluding hydrogens is 311 g/mol. The van der Waals surface area contributed by atoms with Crippen LogP contribution in [0.15, 0.2) is 47.1 Å². The Morgan fingerprint density at radius 1 is 1.21 bits per heavy atom. The van der Waals surface area contributed by atoms with Gasteiger partial charge < -0.3 is 14.5 Å². The minimum Gasteiger partial charge on any atom is -0.391 e. The molecule has 0 radical (unpaired) electrons. The lowest BCUT2D eigenvalue weighted by Gasteiger charge is -2.16. The van der Waals surface area contributed by atoms with Crippen molar-refractivity contribution in [1.29, 1.82) is 0 Å². The summed E-state index contributed by atoms with van der Waals surface area (Å²) in [6, 6.07) is 9.74. The zero-order valence-electron chi connectivity index (χ0n) is 12.8. The molecule has 24 heavy (non-hydrogen) atoms. The molecule has 1 N–H and O–H groups in total. The highest BCUT2D eigenvalue weighted by atomic mass is 19.1. The number of pyridine rings is 1. The average Bonchev–Trinajstić information content (AvgIpc) is 3.24. The minimum absolute atomic E-state index is 0.295. The number of aliphatic hydroxyl groups excluding tert-OH is 1. The predicted molar refractivity (Wildman–Crippen MR) is 85.8 cm³/mol. The van der Waals surface area contributed by atoms with Crippen molar-refractivity contribution in [3.05, 3.63) is 48.4 Å². The Morgan fingerprint density at radius 2 is 2.12 bits per heavy atom. The van der Waals surface area contributed by atoms with Gasteiger partial charge in [0.1, 0.15) is 11.6 Å². The third kappa shape index (κ3) is 2.85. The van der Waals surface area contributed by atoms with E-state index in [1.165, 1.54) is 12.1 Å². The van der Waals surface area contributed by atoms with Crippen LogP contribution in [0.2, 0.25) is 0 Å². The Hall–Kier alpha value is -2.80. The molecule has 1 saturated heterocycles. The zero-order chi connectivity index (χ0) is 16.5. The fourth-order valence-corrected chi connectivity index (χ4v) is 2.74. The molecule has 122 valence electrons. The number of aliphatic hydroxyl groups is 1. The lowest BCUT2D eigenvalue weighted by Crippen LogP contribution is -2.21. The van der Waals surface area contributed by atoms with Gasteiger partial charge in [-0.2, -0.15) is 4.98 Å². The Bertz CT molecular complexity index is 850. The van der Waals surface area contributed by atoms with Crippen LogP contribution in [0.3, 0.4) is 0 Å². The van der Waals surface area contributed by atoms with Gasteiger partial charge >= 0.3 is 0 Å². The van der Waals surface area contributed by atoms with E-state index < -0.39 is 0 Å². The predicted octanol–water partition coefficient (Wildman–Crippen LogP) is 2.51. The van der Waals surface area contributed by atoms with E-state index in [9.17, 15) is 9.50 Å². The lowest BCUT2D eigenvalue weighted by atomic mass is 10.2. The quantitative estimate of drug-likeness (QED) is 0.797. The summed E-state index contributed by atoms with van der Waals surface area (Å²) < 4.78 is 18.5. The van der Waals surface area contributed by atoms with Gasteiger partial charge in [-0.25, -0.2) is 9.37 Å². The normalized spacial score (nSPS) is 17.4. The van der Waals surface area contributed by atoms with Crippen molar-refractivity contribution < 1.29 is 14.0 Å². The van der Waals surface area contributed by atoms with Crippen molar-refractivity contribution >= 4 is 5.82 Å². The molecule has 1 aliphatic rings. The molecule has 0 bridgehead atoms. The summed E-state index contributed by atoms with van der Waals surface area (Å²) >= 11 is 0. The van der Waals surface area contributed by atoms with E-state index in [1.807, 2.05) is 17.0 Å². The van der Waals surface area contributed by atoms with Crippen molar-refractivity contribution in [3.63, 3.8) is 0 Å². The van der Waals surface area contributed by atoms with Gasteiger partial charge in [-0.05, 0) is 30.7 Å².